The van der Waals surface area contributed by atoms with Crippen LogP contribution in [0.2, 0.25) is 0 Å². The average molecular weight is 509 g/mol. The number of rotatable bonds is 9. The fourth-order valence-corrected chi connectivity index (χ4v) is 6.19. The second-order valence-corrected chi connectivity index (χ2v) is 11.5. The zero-order valence-corrected chi connectivity index (χ0v) is 21.9. The number of sulfonamides is 1. The minimum Gasteiger partial charge on any atom is -0.379 e. The molecule has 194 valence electrons. The maximum absolute atomic E-state index is 13.5. The van der Waals surface area contributed by atoms with E-state index in [1.54, 1.807) is 40.5 Å². The summed E-state index contributed by atoms with van der Waals surface area (Å²) in [5.74, 6) is 0.783. The third-order valence-electron chi connectivity index (χ3n) is 7.22. The van der Waals surface area contributed by atoms with Gasteiger partial charge in [0, 0.05) is 39.1 Å². The molecule has 1 aliphatic carbocycles. The molecule has 0 amide bonds. The molecule has 0 aromatic carbocycles. The Kier molecular flexibility index (Phi) is 8.04. The highest BCUT2D eigenvalue weighted by molar-refractivity contribution is 7.93. The summed E-state index contributed by atoms with van der Waals surface area (Å²) in [5.41, 5.74) is 0.914. The van der Waals surface area contributed by atoms with E-state index in [0.717, 1.165) is 37.7 Å². The molecule has 35 heavy (non-hydrogen) atoms. The molecule has 11 nitrogen and oxygen atoms in total. The van der Waals surface area contributed by atoms with Crippen LogP contribution in [0.3, 0.4) is 0 Å². The Bertz CT molecular complexity index is 1070. The van der Waals surface area contributed by atoms with E-state index in [2.05, 4.69) is 24.9 Å². The smallest absolute Gasteiger partial charge is 0.238 e. The minimum absolute atomic E-state index is 0.148. The van der Waals surface area contributed by atoms with Gasteiger partial charge in [0.2, 0.25) is 16.0 Å². The Morgan fingerprint density at radius 1 is 1.06 bits per heavy atom. The largest absolute Gasteiger partial charge is 0.379 e. The van der Waals surface area contributed by atoms with Gasteiger partial charge in [0.1, 0.15) is 11.9 Å². The topological polar surface area (TPSA) is 130 Å². The molecule has 0 spiro atoms. The Morgan fingerprint density at radius 3 is 2.29 bits per heavy atom. The third-order valence-corrected chi connectivity index (χ3v) is 9.07. The van der Waals surface area contributed by atoms with Crippen molar-refractivity contribution in [3.05, 3.63) is 29.6 Å². The van der Waals surface area contributed by atoms with E-state index in [-0.39, 0.29) is 30.3 Å². The van der Waals surface area contributed by atoms with Crippen molar-refractivity contribution in [3.63, 3.8) is 0 Å². The summed E-state index contributed by atoms with van der Waals surface area (Å²) in [6.07, 6.45) is 7.09. The lowest BCUT2D eigenvalue weighted by atomic mass is 9.89. The average Bonchev–Trinajstić information content (AvgIpc) is 3.52. The zero-order chi connectivity index (χ0) is 25.2. The molecule has 2 aromatic heterocycles. The van der Waals surface area contributed by atoms with E-state index in [1.807, 2.05) is 11.5 Å². The van der Waals surface area contributed by atoms with Gasteiger partial charge in [-0.3, -0.25) is 9.29 Å². The van der Waals surface area contributed by atoms with Gasteiger partial charge in [-0.1, -0.05) is 6.92 Å². The van der Waals surface area contributed by atoms with Gasteiger partial charge in [-0.2, -0.15) is 0 Å². The highest BCUT2D eigenvalue weighted by Gasteiger charge is 2.41. The summed E-state index contributed by atoms with van der Waals surface area (Å²) in [6.45, 7) is 5.98. The van der Waals surface area contributed by atoms with Crippen LogP contribution in [0.4, 0.5) is 5.95 Å². The number of hydrogen-bond acceptors (Lipinski definition) is 9. The van der Waals surface area contributed by atoms with Gasteiger partial charge >= 0.3 is 0 Å². The monoisotopic (exact) mass is 508 g/mol. The molecule has 1 aliphatic heterocycles. The molecule has 1 N–H and O–H groups in total. The number of hydrogen-bond donors (Lipinski definition) is 1. The van der Waals surface area contributed by atoms with Crippen LogP contribution < -0.4 is 4.72 Å². The molecule has 0 radical (unpaired) electrons. The van der Waals surface area contributed by atoms with Crippen LogP contribution in [-0.4, -0.2) is 71.4 Å². The highest BCUT2D eigenvalue weighted by atomic mass is 32.2. The molecule has 6 atom stereocenters. The third kappa shape index (κ3) is 5.35. The van der Waals surface area contributed by atoms with E-state index in [4.69, 9.17) is 14.2 Å². The van der Waals surface area contributed by atoms with Crippen molar-refractivity contribution in [1.82, 2.24) is 24.7 Å². The van der Waals surface area contributed by atoms with Crippen LogP contribution in [0.5, 0.6) is 0 Å². The van der Waals surface area contributed by atoms with Crippen LogP contribution in [-0.2, 0) is 24.2 Å². The second kappa shape index (κ2) is 10.9. The first-order valence-corrected chi connectivity index (χ1v) is 13.7. The Labute approximate surface area is 207 Å². The van der Waals surface area contributed by atoms with Crippen LogP contribution >= 0.6 is 0 Å². The van der Waals surface area contributed by atoms with Gasteiger partial charge < -0.3 is 14.2 Å². The van der Waals surface area contributed by atoms with Crippen molar-refractivity contribution in [1.29, 1.82) is 0 Å². The number of nitrogens with zero attached hydrogens (tertiary/aromatic N) is 5. The van der Waals surface area contributed by atoms with Crippen molar-refractivity contribution in [3.8, 4) is 0 Å². The first kappa shape index (κ1) is 25.9. The first-order valence-electron chi connectivity index (χ1n) is 12.2. The van der Waals surface area contributed by atoms with Crippen LogP contribution in [0, 0.1) is 6.92 Å². The highest BCUT2D eigenvalue weighted by Crippen LogP contribution is 2.39. The Balaban J connectivity index is 1.69. The number of aromatic nitrogens is 5. The van der Waals surface area contributed by atoms with Crippen LogP contribution in [0.25, 0.3) is 0 Å². The summed E-state index contributed by atoms with van der Waals surface area (Å²) in [6, 6.07) is -0.293. The van der Waals surface area contributed by atoms with E-state index >= 15 is 0 Å². The lowest BCUT2D eigenvalue weighted by Gasteiger charge is -2.38. The summed E-state index contributed by atoms with van der Waals surface area (Å²) in [7, 11) is -0.531. The molecule has 1 saturated heterocycles. The van der Waals surface area contributed by atoms with Crippen LogP contribution in [0.15, 0.2) is 12.4 Å². The van der Waals surface area contributed by atoms with Crippen molar-refractivity contribution in [2.24, 2.45) is 0 Å². The molecule has 12 heteroatoms. The molecular weight excluding hydrogens is 472 g/mol. The fourth-order valence-electron chi connectivity index (χ4n) is 4.95. The van der Waals surface area contributed by atoms with Gasteiger partial charge in [0.05, 0.1) is 23.5 Å². The van der Waals surface area contributed by atoms with Gasteiger partial charge in [-0.15, -0.1) is 10.2 Å². The fraction of sp³-hybridized carbons (Fsp3) is 0.739. The zero-order valence-electron chi connectivity index (χ0n) is 21.0. The molecule has 2 fully saturated rings. The van der Waals surface area contributed by atoms with Crippen molar-refractivity contribution >= 4 is 16.0 Å². The summed E-state index contributed by atoms with van der Waals surface area (Å²) >= 11 is 0. The van der Waals surface area contributed by atoms with Gasteiger partial charge in [-0.25, -0.2) is 18.4 Å². The quantitative estimate of drug-likeness (QED) is 0.543. The van der Waals surface area contributed by atoms with Gasteiger partial charge in [-0.05, 0) is 51.5 Å². The Hall–Kier alpha value is -2.15. The predicted molar refractivity (Wildman–Crippen MR) is 130 cm³/mol. The number of anilines is 1. The van der Waals surface area contributed by atoms with Crippen molar-refractivity contribution < 1.29 is 22.6 Å². The Morgan fingerprint density at radius 2 is 1.71 bits per heavy atom. The number of ether oxygens (including phenoxy) is 3. The lowest BCUT2D eigenvalue weighted by molar-refractivity contribution is -0.0580. The lowest BCUT2D eigenvalue weighted by Crippen LogP contribution is -2.42. The van der Waals surface area contributed by atoms with E-state index in [1.165, 1.54) is 0 Å². The molecule has 0 bridgehead atoms. The predicted octanol–water partition coefficient (Wildman–Crippen LogP) is 2.92. The normalized spacial score (nSPS) is 27.0. The number of methoxy groups -OCH3 is 2. The molecule has 1 saturated carbocycles. The van der Waals surface area contributed by atoms with Crippen molar-refractivity contribution in [2.75, 3.05) is 25.5 Å². The molecule has 2 aliphatic rings. The minimum atomic E-state index is -3.87. The van der Waals surface area contributed by atoms with E-state index in [9.17, 15) is 8.42 Å². The van der Waals surface area contributed by atoms with Gasteiger partial charge in [0.15, 0.2) is 5.82 Å². The maximum Gasteiger partial charge on any atom is 0.238 e. The first-order chi connectivity index (χ1) is 16.8. The molecule has 4 rings (SSSR count). The molecule has 2 aromatic rings. The standard InChI is InChI=1S/C23H36N6O5S/c1-14-12-24-21(25-13-14)15(2)16(3)35(30,31)28-23-27-26-22(19-10-7-11-34-19)29(23)20-17(32-4)8-6-9-18(20)33-5/h12-13,15-20H,6-11H2,1-5H3,(H,27,28)/t15-,16-,17-,18+,19?,20?/m0/s1. The van der Waals surface area contributed by atoms with Gasteiger partial charge in [0.25, 0.3) is 0 Å². The number of nitrogens with one attached hydrogen (secondary N) is 1. The molecule has 3 heterocycles. The number of aryl methyl sites for hydroxylation is 1. The van der Waals surface area contributed by atoms with E-state index < -0.39 is 21.2 Å². The molecular formula is C23H36N6O5S. The maximum atomic E-state index is 13.5. The van der Waals surface area contributed by atoms with Crippen molar-refractivity contribution in [2.45, 2.75) is 88.4 Å². The summed E-state index contributed by atoms with van der Waals surface area (Å²) in [4.78, 5) is 8.65. The van der Waals surface area contributed by atoms with E-state index in [0.29, 0.717) is 18.3 Å². The van der Waals surface area contributed by atoms with Crippen LogP contribution in [0.1, 0.15) is 81.2 Å². The summed E-state index contributed by atoms with van der Waals surface area (Å²) < 4.78 is 49.1. The second-order valence-electron chi connectivity index (χ2n) is 9.48. The SMILES string of the molecule is CO[C@H]1CCC[C@@H](OC)C1n1c(NS(=O)(=O)[C@@H](C)[C@H](C)c2ncc(C)cn2)nnc1C1CCCO1. The molecule has 2 unspecified atom stereocenters. The summed E-state index contributed by atoms with van der Waals surface area (Å²) in [5, 5.41) is 7.86.